The number of hydrazone groups is 1. The number of carbonyl (C=O) groups is 1. The minimum absolute atomic E-state index is 0.175. The van der Waals surface area contributed by atoms with Crippen LogP contribution in [0.15, 0.2) is 46.9 Å². The summed E-state index contributed by atoms with van der Waals surface area (Å²) in [6.45, 7) is 1.91. The summed E-state index contributed by atoms with van der Waals surface area (Å²) in [6, 6.07) is 11.8. The molecule has 3 rings (SSSR count). The van der Waals surface area contributed by atoms with Crippen LogP contribution in [-0.4, -0.2) is 24.2 Å². The van der Waals surface area contributed by atoms with Crippen LogP contribution in [0.1, 0.15) is 16.3 Å². The second kappa shape index (κ2) is 7.23. The van der Waals surface area contributed by atoms with E-state index < -0.39 is 0 Å². The van der Waals surface area contributed by atoms with Gasteiger partial charge in [-0.2, -0.15) is 5.10 Å². The van der Waals surface area contributed by atoms with Gasteiger partial charge >= 0.3 is 0 Å². The maximum atomic E-state index is 11.8. The number of carbonyl (C=O) groups excluding carboxylic acids is 1. The summed E-state index contributed by atoms with van der Waals surface area (Å²) in [4.78, 5) is 16.1. The lowest BCUT2D eigenvalue weighted by Crippen LogP contribution is -2.19. The molecule has 0 atom stereocenters. The first-order valence-electron chi connectivity index (χ1n) is 7.45. The number of hydrogen-bond acceptors (Lipinski definition) is 5. The standard InChI is InChI=1S/C18H17N3O2S/c1-12-11-24-18(20-12)9-17(22)21-19-10-13-3-4-15-8-16(23-2)6-5-14(15)7-13/h3-8,10-11H,9H2,1-2H3,(H,21,22)/b19-10-. The van der Waals surface area contributed by atoms with E-state index in [1.54, 1.807) is 13.3 Å². The molecule has 0 radical (unpaired) electrons. The minimum Gasteiger partial charge on any atom is -0.497 e. The molecule has 0 aliphatic carbocycles. The molecule has 0 spiro atoms. The van der Waals surface area contributed by atoms with Crippen molar-refractivity contribution in [2.75, 3.05) is 7.11 Å². The fourth-order valence-electron chi connectivity index (χ4n) is 2.29. The summed E-state index contributed by atoms with van der Waals surface area (Å²) in [6.07, 6.45) is 1.88. The molecule has 0 aliphatic heterocycles. The Bertz CT molecular complexity index is 902. The average molecular weight is 339 g/mol. The van der Waals surface area contributed by atoms with Crippen molar-refractivity contribution in [1.82, 2.24) is 10.4 Å². The molecule has 24 heavy (non-hydrogen) atoms. The van der Waals surface area contributed by atoms with E-state index in [1.807, 2.05) is 48.7 Å². The number of nitrogens with zero attached hydrogens (tertiary/aromatic N) is 2. The number of amides is 1. The molecule has 1 aromatic heterocycles. The number of fused-ring (bicyclic) bond motifs is 1. The van der Waals surface area contributed by atoms with Gasteiger partial charge < -0.3 is 4.74 Å². The topological polar surface area (TPSA) is 63.6 Å². The van der Waals surface area contributed by atoms with Crippen LogP contribution in [0, 0.1) is 6.92 Å². The molecule has 5 nitrogen and oxygen atoms in total. The van der Waals surface area contributed by atoms with Crippen LogP contribution in [0.4, 0.5) is 0 Å². The second-order valence-corrected chi connectivity index (χ2v) is 6.27. The molecule has 0 unspecified atom stereocenters. The lowest BCUT2D eigenvalue weighted by Gasteiger charge is -2.03. The van der Waals surface area contributed by atoms with Crippen molar-refractivity contribution in [1.29, 1.82) is 0 Å². The van der Waals surface area contributed by atoms with Gasteiger partial charge in [0.1, 0.15) is 10.8 Å². The monoisotopic (exact) mass is 339 g/mol. The van der Waals surface area contributed by atoms with Crippen molar-refractivity contribution < 1.29 is 9.53 Å². The van der Waals surface area contributed by atoms with Crippen LogP contribution in [0.25, 0.3) is 10.8 Å². The van der Waals surface area contributed by atoms with Crippen LogP contribution in [0.3, 0.4) is 0 Å². The molecular formula is C18H17N3O2S. The van der Waals surface area contributed by atoms with Crippen molar-refractivity contribution in [3.63, 3.8) is 0 Å². The first-order valence-corrected chi connectivity index (χ1v) is 8.33. The van der Waals surface area contributed by atoms with Gasteiger partial charge in [0.25, 0.3) is 0 Å². The van der Waals surface area contributed by atoms with E-state index in [4.69, 9.17) is 4.74 Å². The third kappa shape index (κ3) is 3.97. The third-order valence-corrected chi connectivity index (χ3v) is 4.42. The largest absolute Gasteiger partial charge is 0.497 e. The van der Waals surface area contributed by atoms with Gasteiger partial charge in [-0.15, -0.1) is 11.3 Å². The molecule has 3 aromatic rings. The number of ether oxygens (including phenoxy) is 1. The van der Waals surface area contributed by atoms with E-state index >= 15 is 0 Å². The molecule has 0 saturated heterocycles. The molecule has 2 aromatic carbocycles. The van der Waals surface area contributed by atoms with Crippen molar-refractivity contribution in [2.24, 2.45) is 5.10 Å². The molecule has 1 amide bonds. The number of hydrogen-bond donors (Lipinski definition) is 1. The zero-order valence-corrected chi connectivity index (χ0v) is 14.3. The van der Waals surface area contributed by atoms with Crippen molar-refractivity contribution in [2.45, 2.75) is 13.3 Å². The highest BCUT2D eigenvalue weighted by Gasteiger charge is 2.05. The Morgan fingerprint density at radius 3 is 2.83 bits per heavy atom. The summed E-state index contributed by atoms with van der Waals surface area (Å²) in [5, 5.41) is 8.91. The number of aromatic nitrogens is 1. The van der Waals surface area contributed by atoms with E-state index in [2.05, 4.69) is 15.5 Å². The number of benzene rings is 2. The number of aryl methyl sites for hydroxylation is 1. The number of nitrogens with one attached hydrogen (secondary N) is 1. The van der Waals surface area contributed by atoms with Gasteiger partial charge in [0.15, 0.2) is 0 Å². The number of rotatable bonds is 5. The maximum Gasteiger partial charge on any atom is 0.246 e. The van der Waals surface area contributed by atoms with Crippen molar-refractivity contribution in [3.05, 3.63) is 58.0 Å². The predicted molar refractivity (Wildman–Crippen MR) is 96.8 cm³/mol. The summed E-state index contributed by atoms with van der Waals surface area (Å²) in [5.74, 6) is 0.653. The van der Waals surface area contributed by atoms with Gasteiger partial charge in [-0.3, -0.25) is 4.79 Å². The summed E-state index contributed by atoms with van der Waals surface area (Å²) in [5.41, 5.74) is 4.38. The highest BCUT2D eigenvalue weighted by Crippen LogP contribution is 2.21. The highest BCUT2D eigenvalue weighted by atomic mass is 32.1. The average Bonchev–Trinajstić information content (AvgIpc) is 2.99. The normalized spacial score (nSPS) is 11.1. The zero-order valence-electron chi connectivity index (χ0n) is 13.4. The van der Waals surface area contributed by atoms with Crippen LogP contribution < -0.4 is 10.2 Å². The number of methoxy groups -OCH3 is 1. The zero-order chi connectivity index (χ0) is 16.9. The molecule has 6 heteroatoms. The molecule has 0 fully saturated rings. The van der Waals surface area contributed by atoms with Gasteiger partial charge in [-0.1, -0.05) is 18.2 Å². The second-order valence-electron chi connectivity index (χ2n) is 5.33. The number of thiazole rings is 1. The maximum absolute atomic E-state index is 11.8. The Kier molecular flexibility index (Phi) is 4.86. The first kappa shape index (κ1) is 16.1. The van der Waals surface area contributed by atoms with Crippen molar-refractivity contribution >= 4 is 34.2 Å². The Labute approximate surface area is 144 Å². The van der Waals surface area contributed by atoms with E-state index in [1.165, 1.54) is 11.3 Å². The minimum atomic E-state index is -0.175. The predicted octanol–water partition coefficient (Wildman–Crippen LogP) is 3.31. The van der Waals surface area contributed by atoms with Crippen LogP contribution in [0.5, 0.6) is 5.75 Å². The highest BCUT2D eigenvalue weighted by molar-refractivity contribution is 7.09. The Morgan fingerprint density at radius 1 is 1.29 bits per heavy atom. The van der Waals surface area contributed by atoms with E-state index in [0.717, 1.165) is 32.8 Å². The molecule has 0 saturated carbocycles. The van der Waals surface area contributed by atoms with Gasteiger partial charge in [-0.25, -0.2) is 10.4 Å². The van der Waals surface area contributed by atoms with Crippen molar-refractivity contribution in [3.8, 4) is 5.75 Å². The Balaban J connectivity index is 1.63. The molecule has 1 N–H and O–H groups in total. The molecular weight excluding hydrogens is 322 g/mol. The van der Waals surface area contributed by atoms with Crippen LogP contribution in [-0.2, 0) is 11.2 Å². The quantitative estimate of drug-likeness (QED) is 0.573. The SMILES string of the molecule is COc1ccc2cc(/C=N\NC(=O)Cc3nc(C)cs3)ccc2c1. The van der Waals surface area contributed by atoms with Crippen LogP contribution in [0.2, 0.25) is 0 Å². The smallest absolute Gasteiger partial charge is 0.246 e. The van der Waals surface area contributed by atoms with Crippen LogP contribution >= 0.6 is 11.3 Å². The van der Waals surface area contributed by atoms with Gasteiger partial charge in [-0.05, 0) is 41.5 Å². The Hall–Kier alpha value is -2.73. The van der Waals surface area contributed by atoms with E-state index in [-0.39, 0.29) is 12.3 Å². The molecule has 0 aliphatic rings. The lowest BCUT2D eigenvalue weighted by molar-refractivity contribution is -0.120. The Morgan fingerprint density at radius 2 is 2.08 bits per heavy atom. The molecule has 1 heterocycles. The van der Waals surface area contributed by atoms with E-state index in [9.17, 15) is 4.79 Å². The van der Waals surface area contributed by atoms with E-state index in [0.29, 0.717) is 0 Å². The van der Waals surface area contributed by atoms with Gasteiger partial charge in [0, 0.05) is 11.1 Å². The summed E-state index contributed by atoms with van der Waals surface area (Å²) >= 11 is 1.48. The summed E-state index contributed by atoms with van der Waals surface area (Å²) < 4.78 is 5.22. The molecule has 0 bridgehead atoms. The van der Waals surface area contributed by atoms with Gasteiger partial charge in [0.05, 0.1) is 19.7 Å². The fraction of sp³-hybridized carbons (Fsp3) is 0.167. The first-order chi connectivity index (χ1) is 11.6. The molecule has 122 valence electrons. The third-order valence-electron chi connectivity index (χ3n) is 3.45. The summed E-state index contributed by atoms with van der Waals surface area (Å²) in [7, 11) is 1.65. The lowest BCUT2D eigenvalue weighted by atomic mass is 10.1. The van der Waals surface area contributed by atoms with Gasteiger partial charge in [0.2, 0.25) is 5.91 Å². The fourth-order valence-corrected chi connectivity index (χ4v) is 3.06.